The summed E-state index contributed by atoms with van der Waals surface area (Å²) in [6, 6.07) is 8.90. The molecule has 0 amide bonds. The van der Waals surface area contributed by atoms with Gasteiger partial charge in [0.25, 0.3) is 0 Å². The van der Waals surface area contributed by atoms with E-state index in [1.807, 2.05) is 6.92 Å². The first-order chi connectivity index (χ1) is 8.99. The Hall–Kier alpha value is -0.860. The lowest BCUT2D eigenvalue weighted by Gasteiger charge is -2.24. The number of nitrogens with one attached hydrogen (secondary N) is 1. The van der Waals surface area contributed by atoms with E-state index < -0.39 is 6.10 Å². The van der Waals surface area contributed by atoms with E-state index in [4.69, 9.17) is 0 Å². The van der Waals surface area contributed by atoms with Gasteiger partial charge >= 0.3 is 0 Å². The second-order valence-electron chi connectivity index (χ2n) is 5.69. The molecule has 1 aromatic carbocycles. The quantitative estimate of drug-likeness (QED) is 0.779. The van der Waals surface area contributed by atoms with Crippen LogP contribution in [0.1, 0.15) is 70.6 Å². The Balaban J connectivity index is 2.69. The second kappa shape index (κ2) is 7.66. The summed E-state index contributed by atoms with van der Waals surface area (Å²) in [7, 11) is 0. The molecule has 0 bridgehead atoms. The van der Waals surface area contributed by atoms with Gasteiger partial charge < -0.3 is 10.4 Å². The summed E-state index contributed by atoms with van der Waals surface area (Å²) in [4.78, 5) is 0. The van der Waals surface area contributed by atoms with Crippen LogP contribution in [-0.4, -0.2) is 17.2 Å². The number of aliphatic hydroxyl groups excluding tert-OH is 1. The summed E-state index contributed by atoms with van der Waals surface area (Å²) in [6.45, 7) is 10.8. The molecule has 2 nitrogen and oxygen atoms in total. The van der Waals surface area contributed by atoms with E-state index in [0.717, 1.165) is 18.4 Å². The van der Waals surface area contributed by atoms with Gasteiger partial charge in [-0.15, -0.1) is 0 Å². The highest BCUT2D eigenvalue weighted by atomic mass is 16.3. The van der Waals surface area contributed by atoms with Crippen LogP contribution in [-0.2, 0) is 0 Å². The third-order valence-electron chi connectivity index (χ3n) is 4.09. The van der Waals surface area contributed by atoms with Gasteiger partial charge in [0.2, 0.25) is 0 Å². The van der Waals surface area contributed by atoms with Crippen molar-refractivity contribution < 1.29 is 5.11 Å². The number of aliphatic hydroxyl groups is 1. The van der Waals surface area contributed by atoms with Crippen molar-refractivity contribution in [1.82, 2.24) is 5.32 Å². The van der Waals surface area contributed by atoms with Crippen LogP contribution in [0.2, 0.25) is 0 Å². The topological polar surface area (TPSA) is 32.3 Å². The van der Waals surface area contributed by atoms with Crippen LogP contribution in [0, 0.1) is 0 Å². The zero-order valence-corrected chi connectivity index (χ0v) is 13.0. The Bertz CT molecular complexity index is 360. The Morgan fingerprint density at radius 3 is 1.95 bits per heavy atom. The SMILES string of the molecule is CCC(C)NC(C)C(O)c1ccc(C(C)CC)cc1. The highest BCUT2D eigenvalue weighted by Gasteiger charge is 2.17. The molecule has 4 atom stereocenters. The van der Waals surface area contributed by atoms with Crippen LogP contribution in [0.25, 0.3) is 0 Å². The molecule has 0 saturated carbocycles. The fraction of sp³-hybridized carbons (Fsp3) is 0.647. The molecule has 2 heteroatoms. The van der Waals surface area contributed by atoms with Crippen molar-refractivity contribution in [2.24, 2.45) is 0 Å². The van der Waals surface area contributed by atoms with E-state index in [2.05, 4.69) is 57.3 Å². The molecule has 0 radical (unpaired) electrons. The first kappa shape index (κ1) is 16.2. The largest absolute Gasteiger partial charge is 0.387 e. The molecular weight excluding hydrogens is 234 g/mol. The second-order valence-corrected chi connectivity index (χ2v) is 5.69. The number of benzene rings is 1. The van der Waals surface area contributed by atoms with Crippen molar-refractivity contribution >= 4 is 0 Å². The van der Waals surface area contributed by atoms with Crippen molar-refractivity contribution in [3.8, 4) is 0 Å². The van der Waals surface area contributed by atoms with Crippen molar-refractivity contribution in [2.45, 2.75) is 71.6 Å². The van der Waals surface area contributed by atoms with E-state index in [1.54, 1.807) is 0 Å². The monoisotopic (exact) mass is 263 g/mol. The maximum atomic E-state index is 10.4. The maximum absolute atomic E-state index is 10.4. The number of rotatable bonds is 7. The normalized spacial score (nSPS) is 17.8. The minimum Gasteiger partial charge on any atom is -0.387 e. The molecule has 0 fully saturated rings. The molecule has 0 saturated heterocycles. The lowest BCUT2D eigenvalue weighted by atomic mass is 9.95. The van der Waals surface area contributed by atoms with Crippen molar-refractivity contribution in [3.05, 3.63) is 35.4 Å². The molecule has 0 aliphatic carbocycles. The van der Waals surface area contributed by atoms with Gasteiger partial charge in [-0.05, 0) is 43.7 Å². The van der Waals surface area contributed by atoms with E-state index in [0.29, 0.717) is 12.0 Å². The van der Waals surface area contributed by atoms with Crippen LogP contribution in [0.15, 0.2) is 24.3 Å². The fourth-order valence-electron chi connectivity index (χ4n) is 2.20. The van der Waals surface area contributed by atoms with Crippen LogP contribution in [0.4, 0.5) is 0 Å². The Labute approximate surface area is 118 Å². The van der Waals surface area contributed by atoms with Crippen molar-refractivity contribution in [1.29, 1.82) is 0 Å². The highest BCUT2D eigenvalue weighted by Crippen LogP contribution is 2.23. The zero-order chi connectivity index (χ0) is 14.4. The number of hydrogen-bond donors (Lipinski definition) is 2. The van der Waals surface area contributed by atoms with Crippen molar-refractivity contribution in [2.75, 3.05) is 0 Å². The highest BCUT2D eigenvalue weighted by molar-refractivity contribution is 5.27. The van der Waals surface area contributed by atoms with Crippen LogP contribution in [0.3, 0.4) is 0 Å². The standard InChI is InChI=1S/C17H29NO/c1-6-12(3)15-8-10-16(11-9-15)17(19)14(5)18-13(4)7-2/h8-14,17-19H,6-7H2,1-5H3. The molecule has 108 valence electrons. The van der Waals surface area contributed by atoms with Crippen molar-refractivity contribution in [3.63, 3.8) is 0 Å². The molecule has 0 heterocycles. The molecule has 4 unspecified atom stereocenters. The molecular formula is C17H29NO. The Morgan fingerprint density at radius 2 is 1.47 bits per heavy atom. The fourth-order valence-corrected chi connectivity index (χ4v) is 2.20. The molecule has 0 aromatic heterocycles. The summed E-state index contributed by atoms with van der Waals surface area (Å²) in [5.74, 6) is 0.585. The molecule has 1 aromatic rings. The van der Waals surface area contributed by atoms with Gasteiger partial charge in [-0.25, -0.2) is 0 Å². The third-order valence-corrected chi connectivity index (χ3v) is 4.09. The molecule has 0 aliphatic heterocycles. The minimum absolute atomic E-state index is 0.0735. The zero-order valence-electron chi connectivity index (χ0n) is 13.0. The summed E-state index contributed by atoms with van der Waals surface area (Å²) in [6.07, 6.45) is 1.78. The van der Waals surface area contributed by atoms with Gasteiger partial charge in [0.05, 0.1) is 6.10 Å². The van der Waals surface area contributed by atoms with Gasteiger partial charge in [-0.3, -0.25) is 0 Å². The van der Waals surface area contributed by atoms with Crippen LogP contribution >= 0.6 is 0 Å². The Kier molecular flexibility index (Phi) is 6.53. The van der Waals surface area contributed by atoms with E-state index in [9.17, 15) is 5.11 Å². The van der Waals surface area contributed by atoms with Gasteiger partial charge in [-0.1, -0.05) is 45.0 Å². The average Bonchev–Trinajstić information content (AvgIpc) is 2.45. The smallest absolute Gasteiger partial charge is 0.0940 e. The summed E-state index contributed by atoms with van der Waals surface area (Å²) in [5.41, 5.74) is 2.34. The lowest BCUT2D eigenvalue weighted by molar-refractivity contribution is 0.130. The first-order valence-corrected chi connectivity index (χ1v) is 7.53. The lowest BCUT2D eigenvalue weighted by Crippen LogP contribution is -2.38. The molecule has 19 heavy (non-hydrogen) atoms. The summed E-state index contributed by atoms with van der Waals surface area (Å²) < 4.78 is 0. The average molecular weight is 263 g/mol. The van der Waals surface area contributed by atoms with Gasteiger partial charge in [0.15, 0.2) is 0 Å². The molecule has 2 N–H and O–H groups in total. The predicted molar refractivity (Wildman–Crippen MR) is 82.5 cm³/mol. The first-order valence-electron chi connectivity index (χ1n) is 7.53. The van der Waals surface area contributed by atoms with E-state index in [-0.39, 0.29) is 6.04 Å². The summed E-state index contributed by atoms with van der Waals surface area (Å²) >= 11 is 0. The minimum atomic E-state index is -0.444. The maximum Gasteiger partial charge on any atom is 0.0940 e. The van der Waals surface area contributed by atoms with Crippen LogP contribution in [0.5, 0.6) is 0 Å². The van der Waals surface area contributed by atoms with E-state index >= 15 is 0 Å². The van der Waals surface area contributed by atoms with E-state index in [1.165, 1.54) is 5.56 Å². The predicted octanol–water partition coefficient (Wildman–Crippen LogP) is 4.01. The molecule has 1 rings (SSSR count). The molecule has 0 spiro atoms. The third kappa shape index (κ3) is 4.63. The van der Waals surface area contributed by atoms with Gasteiger partial charge in [-0.2, -0.15) is 0 Å². The Morgan fingerprint density at radius 1 is 0.947 bits per heavy atom. The van der Waals surface area contributed by atoms with Gasteiger partial charge in [0.1, 0.15) is 0 Å². The number of hydrogen-bond acceptors (Lipinski definition) is 2. The molecule has 0 aliphatic rings. The van der Waals surface area contributed by atoms with Gasteiger partial charge in [0, 0.05) is 12.1 Å². The summed E-state index contributed by atoms with van der Waals surface area (Å²) in [5, 5.41) is 13.8. The van der Waals surface area contributed by atoms with Crippen LogP contribution < -0.4 is 5.32 Å².